The standard InChI is InChI=1S/C17H27N/c1-12(2)16(8-6-7-9-18)17-14(4)10-13(3)11-15(17)5/h8,10-12H,6-7,9,18H2,1-5H3/b16-8+. The van der Waals surface area contributed by atoms with Gasteiger partial charge in [-0.2, -0.15) is 0 Å². The van der Waals surface area contributed by atoms with E-state index in [-0.39, 0.29) is 0 Å². The lowest BCUT2D eigenvalue weighted by molar-refractivity contribution is 0.822. The first kappa shape index (κ1) is 15.0. The Labute approximate surface area is 112 Å². The van der Waals surface area contributed by atoms with E-state index in [1.807, 2.05) is 0 Å². The van der Waals surface area contributed by atoms with Crippen molar-refractivity contribution in [2.45, 2.75) is 47.5 Å². The van der Waals surface area contributed by atoms with Crippen LogP contribution in [0.3, 0.4) is 0 Å². The summed E-state index contributed by atoms with van der Waals surface area (Å²) < 4.78 is 0. The largest absolute Gasteiger partial charge is 0.330 e. The molecule has 0 amide bonds. The Hall–Kier alpha value is -1.08. The first-order valence-electron chi connectivity index (χ1n) is 6.95. The molecule has 18 heavy (non-hydrogen) atoms. The number of hydrogen-bond acceptors (Lipinski definition) is 1. The fraction of sp³-hybridized carbons (Fsp3) is 0.529. The second-order valence-electron chi connectivity index (χ2n) is 5.52. The molecule has 0 fully saturated rings. The monoisotopic (exact) mass is 245 g/mol. The lowest BCUT2D eigenvalue weighted by atomic mass is 9.87. The zero-order valence-electron chi connectivity index (χ0n) is 12.5. The van der Waals surface area contributed by atoms with Gasteiger partial charge in [0.25, 0.3) is 0 Å². The van der Waals surface area contributed by atoms with Crippen molar-refractivity contribution in [3.05, 3.63) is 40.5 Å². The van der Waals surface area contributed by atoms with Crippen molar-refractivity contribution in [2.24, 2.45) is 11.7 Å². The van der Waals surface area contributed by atoms with Crippen LogP contribution in [0.25, 0.3) is 5.57 Å². The minimum atomic E-state index is 0.558. The van der Waals surface area contributed by atoms with Crippen LogP contribution in [0.1, 0.15) is 48.9 Å². The highest BCUT2D eigenvalue weighted by molar-refractivity contribution is 5.72. The summed E-state index contributed by atoms with van der Waals surface area (Å²) in [6, 6.07) is 4.56. The highest BCUT2D eigenvalue weighted by Gasteiger charge is 2.12. The maximum absolute atomic E-state index is 5.58. The number of rotatable bonds is 5. The second kappa shape index (κ2) is 6.75. The highest BCUT2D eigenvalue weighted by Crippen LogP contribution is 2.30. The molecule has 1 nitrogen and oxygen atoms in total. The van der Waals surface area contributed by atoms with E-state index in [4.69, 9.17) is 5.73 Å². The predicted molar refractivity (Wildman–Crippen MR) is 81.8 cm³/mol. The maximum atomic E-state index is 5.58. The number of hydrogen-bond donors (Lipinski definition) is 1. The third-order valence-electron chi connectivity index (χ3n) is 3.36. The van der Waals surface area contributed by atoms with Gasteiger partial charge in [-0.3, -0.25) is 0 Å². The van der Waals surface area contributed by atoms with E-state index in [0.717, 1.165) is 19.4 Å². The van der Waals surface area contributed by atoms with Crippen molar-refractivity contribution >= 4 is 5.57 Å². The lowest BCUT2D eigenvalue weighted by Crippen LogP contribution is -2.02. The zero-order chi connectivity index (χ0) is 13.7. The molecule has 1 aromatic carbocycles. The van der Waals surface area contributed by atoms with Crippen molar-refractivity contribution in [1.82, 2.24) is 0 Å². The van der Waals surface area contributed by atoms with Gasteiger partial charge in [0.15, 0.2) is 0 Å². The zero-order valence-corrected chi connectivity index (χ0v) is 12.5. The molecule has 0 radical (unpaired) electrons. The van der Waals surface area contributed by atoms with Gasteiger partial charge in [-0.25, -0.2) is 0 Å². The fourth-order valence-electron chi connectivity index (χ4n) is 2.64. The Bertz CT molecular complexity index is 404. The van der Waals surface area contributed by atoms with E-state index in [2.05, 4.69) is 52.8 Å². The van der Waals surface area contributed by atoms with Crippen LogP contribution in [0.4, 0.5) is 0 Å². The molecule has 100 valence electrons. The van der Waals surface area contributed by atoms with Crippen LogP contribution in [0.2, 0.25) is 0 Å². The van der Waals surface area contributed by atoms with Crippen LogP contribution < -0.4 is 5.73 Å². The fourth-order valence-corrected chi connectivity index (χ4v) is 2.64. The summed E-state index contributed by atoms with van der Waals surface area (Å²) in [6.07, 6.45) is 4.53. The van der Waals surface area contributed by atoms with Crippen molar-refractivity contribution in [3.8, 4) is 0 Å². The first-order chi connectivity index (χ1) is 8.47. The van der Waals surface area contributed by atoms with Gasteiger partial charge in [-0.15, -0.1) is 0 Å². The molecule has 1 aromatic rings. The van der Waals surface area contributed by atoms with Crippen molar-refractivity contribution < 1.29 is 0 Å². The van der Waals surface area contributed by atoms with E-state index < -0.39 is 0 Å². The summed E-state index contributed by atoms with van der Waals surface area (Å²) in [4.78, 5) is 0. The minimum Gasteiger partial charge on any atom is -0.330 e. The summed E-state index contributed by atoms with van der Waals surface area (Å²) in [5.41, 5.74) is 12.6. The molecule has 0 aromatic heterocycles. The van der Waals surface area contributed by atoms with Gasteiger partial charge >= 0.3 is 0 Å². The van der Waals surface area contributed by atoms with Crippen molar-refractivity contribution in [1.29, 1.82) is 0 Å². The Morgan fingerprint density at radius 1 is 1.17 bits per heavy atom. The first-order valence-corrected chi connectivity index (χ1v) is 6.95. The molecule has 0 saturated carbocycles. The molecular formula is C17H27N. The van der Waals surface area contributed by atoms with E-state index in [9.17, 15) is 0 Å². The van der Waals surface area contributed by atoms with Gasteiger partial charge in [-0.1, -0.05) is 37.6 Å². The van der Waals surface area contributed by atoms with Crippen LogP contribution in [-0.2, 0) is 0 Å². The average molecular weight is 245 g/mol. The van der Waals surface area contributed by atoms with Gasteiger partial charge in [0.2, 0.25) is 0 Å². The van der Waals surface area contributed by atoms with Crippen molar-refractivity contribution in [3.63, 3.8) is 0 Å². The van der Waals surface area contributed by atoms with Crippen LogP contribution >= 0.6 is 0 Å². The van der Waals surface area contributed by atoms with Gasteiger partial charge in [0.05, 0.1) is 0 Å². The summed E-state index contributed by atoms with van der Waals surface area (Å²) in [6.45, 7) is 11.9. The molecular weight excluding hydrogens is 218 g/mol. The highest BCUT2D eigenvalue weighted by atomic mass is 14.5. The number of benzene rings is 1. The van der Waals surface area contributed by atoms with Gasteiger partial charge < -0.3 is 5.73 Å². The third kappa shape index (κ3) is 3.71. The average Bonchev–Trinajstić information content (AvgIpc) is 2.25. The molecule has 0 bridgehead atoms. The summed E-state index contributed by atoms with van der Waals surface area (Å²) in [7, 11) is 0. The number of aryl methyl sites for hydroxylation is 3. The van der Waals surface area contributed by atoms with E-state index >= 15 is 0 Å². The van der Waals surface area contributed by atoms with Crippen LogP contribution in [0.5, 0.6) is 0 Å². The van der Waals surface area contributed by atoms with Crippen LogP contribution in [0.15, 0.2) is 18.2 Å². The SMILES string of the molecule is Cc1cc(C)c(/C(=C/CCCN)C(C)C)c(C)c1. The molecule has 2 N–H and O–H groups in total. The molecule has 0 aliphatic heterocycles. The molecule has 1 rings (SSSR count). The van der Waals surface area contributed by atoms with E-state index in [1.165, 1.54) is 27.8 Å². The molecule has 0 spiro atoms. The van der Waals surface area contributed by atoms with Gasteiger partial charge in [0, 0.05) is 0 Å². The predicted octanol–water partition coefficient (Wildman–Crippen LogP) is 4.39. The quantitative estimate of drug-likeness (QED) is 0.765. The number of unbranched alkanes of at least 4 members (excludes halogenated alkanes) is 1. The van der Waals surface area contributed by atoms with E-state index in [1.54, 1.807) is 0 Å². The summed E-state index contributed by atoms with van der Waals surface area (Å²) >= 11 is 0. The van der Waals surface area contributed by atoms with Gasteiger partial charge in [-0.05, 0) is 68.3 Å². The molecule has 0 saturated heterocycles. The molecule has 1 heteroatoms. The normalized spacial score (nSPS) is 12.3. The Morgan fingerprint density at radius 3 is 2.17 bits per heavy atom. The molecule has 0 aliphatic rings. The molecule has 0 aliphatic carbocycles. The molecule has 0 heterocycles. The van der Waals surface area contributed by atoms with Crippen LogP contribution in [-0.4, -0.2) is 6.54 Å². The maximum Gasteiger partial charge on any atom is -0.00743 e. The third-order valence-corrected chi connectivity index (χ3v) is 3.36. The molecule has 0 unspecified atom stereocenters. The topological polar surface area (TPSA) is 26.0 Å². The van der Waals surface area contributed by atoms with Crippen LogP contribution in [0, 0.1) is 26.7 Å². The lowest BCUT2D eigenvalue weighted by Gasteiger charge is -2.18. The number of allylic oxidation sites excluding steroid dienone is 2. The Balaban J connectivity index is 3.18. The Morgan fingerprint density at radius 2 is 1.72 bits per heavy atom. The second-order valence-corrected chi connectivity index (χ2v) is 5.52. The summed E-state index contributed by atoms with van der Waals surface area (Å²) in [5.74, 6) is 0.558. The Kier molecular flexibility index (Phi) is 5.61. The summed E-state index contributed by atoms with van der Waals surface area (Å²) in [5, 5.41) is 0. The van der Waals surface area contributed by atoms with E-state index in [0.29, 0.717) is 5.92 Å². The number of nitrogens with two attached hydrogens (primary N) is 1. The van der Waals surface area contributed by atoms with Crippen molar-refractivity contribution in [2.75, 3.05) is 6.54 Å². The smallest absolute Gasteiger partial charge is 0.00743 e. The molecule has 0 atom stereocenters. The van der Waals surface area contributed by atoms with Gasteiger partial charge in [0.1, 0.15) is 0 Å². The minimum absolute atomic E-state index is 0.558.